The first kappa shape index (κ1) is 35.9. The van der Waals surface area contributed by atoms with Crippen LogP contribution in [0.4, 0.5) is 0 Å². The molecule has 0 heterocycles. The molecule has 242 valence electrons. The lowest BCUT2D eigenvalue weighted by molar-refractivity contribution is -0.136. The Morgan fingerprint density at radius 2 is 1.13 bits per heavy atom. The van der Waals surface area contributed by atoms with E-state index in [9.17, 15) is 14.4 Å². The number of thiol groups is 1. The second-order valence-electron chi connectivity index (χ2n) is 11.1. The van der Waals surface area contributed by atoms with Crippen molar-refractivity contribution in [2.24, 2.45) is 0 Å². The average Bonchev–Trinajstić information content (AvgIpc) is 3.06. The third-order valence-electron chi connectivity index (χ3n) is 7.55. The molecule has 0 aliphatic rings. The Bertz CT molecular complexity index is 1480. The number of aryl methyl sites for hydroxylation is 3. The quantitative estimate of drug-likeness (QED) is 0.117. The maximum atomic E-state index is 13.1. The normalized spacial score (nSPS) is 11.1. The van der Waals surface area contributed by atoms with Crippen LogP contribution in [0.1, 0.15) is 33.4 Å². The molecule has 4 aromatic carbocycles. The number of hydrogen-bond acceptors (Lipinski definition) is 5. The molecule has 0 aliphatic carbocycles. The molecule has 0 fully saturated rings. The van der Waals surface area contributed by atoms with Crippen molar-refractivity contribution in [3.63, 3.8) is 0 Å². The molecule has 3 amide bonds. The Morgan fingerprint density at radius 3 is 1.61 bits per heavy atom. The largest absolute Gasteiger partial charge is 0.497 e. The predicted octanol–water partition coefficient (Wildman–Crippen LogP) is 5.35. The summed E-state index contributed by atoms with van der Waals surface area (Å²) in [5, 5.41) is 7.54. The smallest absolute Gasteiger partial charge is 0.252 e. The van der Waals surface area contributed by atoms with Gasteiger partial charge in [-0.15, -0.1) is 0 Å². The van der Waals surface area contributed by atoms with E-state index in [1.165, 1.54) is 5.56 Å². The fourth-order valence-electron chi connectivity index (χ4n) is 4.72. The van der Waals surface area contributed by atoms with Crippen molar-refractivity contribution < 1.29 is 19.1 Å². The Morgan fingerprint density at radius 1 is 0.652 bits per heavy atom. The number of hydrogen-bond donors (Lipinski definition) is 4. The maximum Gasteiger partial charge on any atom is 0.252 e. The van der Waals surface area contributed by atoms with Crippen molar-refractivity contribution >= 4 is 30.4 Å². The first-order valence-corrected chi connectivity index (χ1v) is 16.0. The highest BCUT2D eigenvalue weighted by Crippen LogP contribution is 2.11. The highest BCUT2D eigenvalue weighted by atomic mass is 32.1. The summed E-state index contributed by atoms with van der Waals surface area (Å²) in [5.41, 5.74) is 6.70. The van der Waals surface area contributed by atoms with Gasteiger partial charge in [0.2, 0.25) is 5.91 Å². The molecule has 4 aromatic rings. The van der Waals surface area contributed by atoms with E-state index in [1.54, 1.807) is 7.11 Å². The van der Waals surface area contributed by atoms with Gasteiger partial charge in [-0.1, -0.05) is 96.6 Å². The highest BCUT2D eigenvalue weighted by Gasteiger charge is 2.30. The van der Waals surface area contributed by atoms with Gasteiger partial charge in [-0.25, -0.2) is 0 Å². The molecule has 7 nitrogen and oxygen atoms in total. The van der Waals surface area contributed by atoms with Gasteiger partial charge in [0.05, 0.1) is 12.4 Å². The van der Waals surface area contributed by atoms with Crippen LogP contribution in [0.15, 0.2) is 103 Å². The van der Waals surface area contributed by atoms with Gasteiger partial charge in [0, 0.05) is 13.1 Å². The van der Waals surface area contributed by atoms with E-state index in [4.69, 9.17) is 4.74 Å². The lowest BCUT2D eigenvalue weighted by Gasteiger charge is -2.20. The molecule has 0 spiro atoms. The Labute approximate surface area is 278 Å². The molecule has 1 atom stereocenters. The zero-order chi connectivity index (χ0) is 33.3. The van der Waals surface area contributed by atoms with Crippen LogP contribution in [-0.2, 0) is 33.6 Å². The van der Waals surface area contributed by atoms with Crippen LogP contribution in [0, 0.1) is 20.8 Å². The van der Waals surface area contributed by atoms with Crippen molar-refractivity contribution in [2.75, 3.05) is 20.2 Å². The second-order valence-corrected chi connectivity index (χ2v) is 11.7. The van der Waals surface area contributed by atoms with Gasteiger partial charge in [0.1, 0.15) is 5.75 Å². The first-order chi connectivity index (χ1) is 22.2. The van der Waals surface area contributed by atoms with Crippen LogP contribution in [0.25, 0.3) is 0 Å². The molecule has 4 rings (SSSR count). The SMILES string of the molecule is COc1ccc(C)cc1.Cc1ccccc1CCNC(=O)C(NC(=O)C(S)Cc1ccccc1)C(=O)NCCc1ccccc1C. The zero-order valence-electron chi connectivity index (χ0n) is 27.1. The molecule has 0 aromatic heterocycles. The van der Waals surface area contributed by atoms with Crippen molar-refractivity contribution in [1.82, 2.24) is 16.0 Å². The number of carbonyl (C=O) groups excluding carboxylic acids is 3. The fourth-order valence-corrected chi connectivity index (χ4v) is 5.00. The van der Waals surface area contributed by atoms with E-state index in [0.717, 1.165) is 33.6 Å². The number of nitrogens with one attached hydrogen (secondary N) is 3. The topological polar surface area (TPSA) is 96.5 Å². The van der Waals surface area contributed by atoms with Crippen molar-refractivity contribution in [1.29, 1.82) is 0 Å². The van der Waals surface area contributed by atoms with Crippen LogP contribution in [0.2, 0.25) is 0 Å². The summed E-state index contributed by atoms with van der Waals surface area (Å²) in [4.78, 5) is 39.0. The van der Waals surface area contributed by atoms with E-state index >= 15 is 0 Å². The predicted molar refractivity (Wildman–Crippen MR) is 188 cm³/mol. The number of carbonyl (C=O) groups is 3. The fraction of sp³-hybridized carbons (Fsp3) is 0.289. The molecule has 0 saturated heterocycles. The van der Waals surface area contributed by atoms with Gasteiger partial charge in [-0.05, 0) is 80.0 Å². The van der Waals surface area contributed by atoms with E-state index < -0.39 is 29.0 Å². The van der Waals surface area contributed by atoms with Crippen LogP contribution in [-0.4, -0.2) is 49.2 Å². The summed E-state index contributed by atoms with van der Waals surface area (Å²) < 4.78 is 4.97. The summed E-state index contributed by atoms with van der Waals surface area (Å²) in [6.45, 7) is 6.78. The summed E-state index contributed by atoms with van der Waals surface area (Å²) in [6, 6.07) is 32.0. The second kappa shape index (κ2) is 19.1. The lowest BCUT2D eigenvalue weighted by Crippen LogP contribution is -2.57. The van der Waals surface area contributed by atoms with Crippen molar-refractivity contribution in [3.8, 4) is 5.75 Å². The van der Waals surface area contributed by atoms with Gasteiger partial charge >= 0.3 is 0 Å². The lowest BCUT2D eigenvalue weighted by atomic mass is 10.1. The monoisotopic (exact) mass is 639 g/mol. The van der Waals surface area contributed by atoms with Gasteiger partial charge < -0.3 is 20.7 Å². The number of methoxy groups -OCH3 is 1. The number of benzene rings is 4. The summed E-state index contributed by atoms with van der Waals surface area (Å²) in [7, 11) is 1.67. The zero-order valence-corrected chi connectivity index (χ0v) is 28.0. The van der Waals surface area contributed by atoms with Crippen molar-refractivity contribution in [3.05, 3.63) is 137 Å². The van der Waals surface area contributed by atoms with Crippen LogP contribution < -0.4 is 20.7 Å². The minimum Gasteiger partial charge on any atom is -0.497 e. The summed E-state index contributed by atoms with van der Waals surface area (Å²) in [6.07, 6.45) is 1.63. The van der Waals surface area contributed by atoms with Gasteiger partial charge in [-0.3, -0.25) is 14.4 Å². The maximum absolute atomic E-state index is 13.1. The van der Waals surface area contributed by atoms with Gasteiger partial charge in [0.15, 0.2) is 6.04 Å². The minimum atomic E-state index is -1.35. The number of ether oxygens (including phenoxy) is 1. The van der Waals surface area contributed by atoms with E-state index in [2.05, 4.69) is 35.5 Å². The molecule has 0 saturated carbocycles. The molecule has 0 radical (unpaired) electrons. The molecular formula is C38H45N3O4S. The Hall–Kier alpha value is -4.56. The highest BCUT2D eigenvalue weighted by molar-refractivity contribution is 7.81. The molecule has 1 unspecified atom stereocenters. The average molecular weight is 640 g/mol. The van der Waals surface area contributed by atoms with E-state index in [0.29, 0.717) is 32.4 Å². The summed E-state index contributed by atoms with van der Waals surface area (Å²) >= 11 is 4.43. The van der Waals surface area contributed by atoms with Crippen LogP contribution >= 0.6 is 12.6 Å². The van der Waals surface area contributed by atoms with E-state index in [-0.39, 0.29) is 0 Å². The minimum absolute atomic E-state index is 0.348. The Kier molecular flexibility index (Phi) is 14.9. The van der Waals surface area contributed by atoms with Crippen LogP contribution in [0.5, 0.6) is 5.75 Å². The van der Waals surface area contributed by atoms with Crippen LogP contribution in [0.3, 0.4) is 0 Å². The molecular weight excluding hydrogens is 595 g/mol. The third-order valence-corrected chi connectivity index (χ3v) is 7.97. The number of rotatable bonds is 13. The third kappa shape index (κ3) is 12.1. The van der Waals surface area contributed by atoms with Gasteiger partial charge in [-0.2, -0.15) is 12.6 Å². The molecule has 0 bridgehead atoms. The summed E-state index contributed by atoms with van der Waals surface area (Å²) in [5.74, 6) is -0.646. The number of amides is 3. The first-order valence-electron chi connectivity index (χ1n) is 15.5. The molecule has 46 heavy (non-hydrogen) atoms. The molecule has 8 heteroatoms. The standard InChI is InChI=1S/C30H35N3O3S.C8H10O/c1-21-10-6-8-14-24(21)16-18-31-29(35)27(30(36)32-19-17-25-15-9-7-11-22(25)2)33-28(34)26(37)20-23-12-4-3-5-13-23;1-7-3-5-8(9-2)6-4-7/h3-15,26-27,37H,16-20H2,1-2H3,(H,31,35)(H,32,36)(H,33,34);3-6H,1-2H3. The van der Waals surface area contributed by atoms with E-state index in [1.807, 2.05) is 117 Å². The molecule has 0 aliphatic heterocycles. The van der Waals surface area contributed by atoms with Crippen molar-refractivity contribution in [2.45, 2.75) is 51.3 Å². The molecule has 3 N–H and O–H groups in total. The Balaban J connectivity index is 0.000000549. The van der Waals surface area contributed by atoms with Gasteiger partial charge in [0.25, 0.3) is 11.8 Å².